The van der Waals surface area contributed by atoms with Gasteiger partial charge in [-0.25, -0.2) is 0 Å². The van der Waals surface area contributed by atoms with Gasteiger partial charge in [0.25, 0.3) is 11.6 Å². The molecule has 0 heterocycles. The number of hydrogen-bond acceptors (Lipinski definition) is 3. The maximum absolute atomic E-state index is 12.1. The molecule has 0 aliphatic heterocycles. The lowest BCUT2D eigenvalue weighted by molar-refractivity contribution is -0.384. The average Bonchev–Trinajstić information content (AvgIpc) is 2.43. The SMILES string of the molecule is O=C(Nc1cccc(Cl)c1Br)c1ccc([N+](=O)[O-])c(Cl)c1. The molecule has 21 heavy (non-hydrogen) atoms. The number of anilines is 1. The molecule has 1 N–H and O–H groups in total. The first-order chi connectivity index (χ1) is 9.90. The van der Waals surface area contributed by atoms with E-state index in [0.29, 0.717) is 15.2 Å². The number of carbonyl (C=O) groups excluding carboxylic acids is 1. The summed E-state index contributed by atoms with van der Waals surface area (Å²) in [6.45, 7) is 0. The highest BCUT2D eigenvalue weighted by Crippen LogP contribution is 2.31. The Balaban J connectivity index is 2.27. The number of nitro groups is 1. The van der Waals surface area contributed by atoms with Crippen molar-refractivity contribution in [3.05, 3.63) is 66.6 Å². The molecule has 0 spiro atoms. The molecule has 108 valence electrons. The van der Waals surface area contributed by atoms with E-state index in [-0.39, 0.29) is 16.3 Å². The van der Waals surface area contributed by atoms with Gasteiger partial charge in [-0.05, 0) is 40.2 Å². The number of amides is 1. The molecule has 1 amide bonds. The monoisotopic (exact) mass is 388 g/mol. The van der Waals surface area contributed by atoms with Gasteiger partial charge in [0.2, 0.25) is 0 Å². The van der Waals surface area contributed by atoms with Crippen molar-refractivity contribution in [3.8, 4) is 0 Å². The van der Waals surface area contributed by atoms with Gasteiger partial charge in [-0.2, -0.15) is 0 Å². The molecule has 0 aromatic heterocycles. The van der Waals surface area contributed by atoms with Crippen molar-refractivity contribution in [2.45, 2.75) is 0 Å². The molecule has 0 bridgehead atoms. The maximum atomic E-state index is 12.1. The number of nitro benzene ring substituents is 1. The molecule has 0 aliphatic rings. The van der Waals surface area contributed by atoms with Crippen molar-refractivity contribution in [1.29, 1.82) is 0 Å². The molecule has 5 nitrogen and oxygen atoms in total. The van der Waals surface area contributed by atoms with Gasteiger partial charge < -0.3 is 5.32 Å². The van der Waals surface area contributed by atoms with Crippen molar-refractivity contribution < 1.29 is 9.72 Å². The van der Waals surface area contributed by atoms with Crippen LogP contribution in [0.5, 0.6) is 0 Å². The second-order valence-corrected chi connectivity index (χ2v) is 5.59. The van der Waals surface area contributed by atoms with E-state index in [4.69, 9.17) is 23.2 Å². The Morgan fingerprint density at radius 1 is 1.19 bits per heavy atom. The third-order valence-corrected chi connectivity index (χ3v) is 4.31. The third-order valence-electron chi connectivity index (χ3n) is 2.61. The van der Waals surface area contributed by atoms with Gasteiger partial charge in [-0.15, -0.1) is 0 Å². The standard InChI is InChI=1S/C13H7BrCl2N2O3/c14-12-8(15)2-1-3-10(12)17-13(19)7-4-5-11(18(20)21)9(16)6-7/h1-6H,(H,17,19). The zero-order valence-corrected chi connectivity index (χ0v) is 13.4. The second kappa shape index (κ2) is 6.43. The molecule has 0 unspecified atom stereocenters. The quantitative estimate of drug-likeness (QED) is 0.598. The first kappa shape index (κ1) is 15.8. The van der Waals surface area contributed by atoms with Crippen LogP contribution in [0.15, 0.2) is 40.9 Å². The number of halogens is 3. The number of nitrogens with one attached hydrogen (secondary N) is 1. The van der Waals surface area contributed by atoms with E-state index in [2.05, 4.69) is 21.2 Å². The number of nitrogens with zero attached hydrogens (tertiary/aromatic N) is 1. The fourth-order valence-electron chi connectivity index (χ4n) is 1.59. The van der Waals surface area contributed by atoms with Crippen LogP contribution in [0, 0.1) is 10.1 Å². The Labute approximate surface area is 138 Å². The minimum atomic E-state index is -0.614. The lowest BCUT2D eigenvalue weighted by Gasteiger charge is -2.08. The highest BCUT2D eigenvalue weighted by Gasteiger charge is 2.16. The largest absolute Gasteiger partial charge is 0.321 e. The Morgan fingerprint density at radius 2 is 1.90 bits per heavy atom. The maximum Gasteiger partial charge on any atom is 0.287 e. The summed E-state index contributed by atoms with van der Waals surface area (Å²) in [5.74, 6) is -0.449. The van der Waals surface area contributed by atoms with E-state index in [1.807, 2.05) is 0 Å². The summed E-state index contributed by atoms with van der Waals surface area (Å²) in [6, 6.07) is 8.78. The van der Waals surface area contributed by atoms with Gasteiger partial charge in [0.15, 0.2) is 0 Å². The summed E-state index contributed by atoms with van der Waals surface area (Å²) in [5.41, 5.74) is 0.441. The van der Waals surface area contributed by atoms with Crippen molar-refractivity contribution in [2.24, 2.45) is 0 Å². The molecule has 2 aromatic rings. The van der Waals surface area contributed by atoms with Crippen LogP contribution < -0.4 is 5.32 Å². The van der Waals surface area contributed by atoms with Crippen LogP contribution in [0.4, 0.5) is 11.4 Å². The Bertz CT molecular complexity index is 737. The molecule has 8 heteroatoms. The average molecular weight is 390 g/mol. The highest BCUT2D eigenvalue weighted by molar-refractivity contribution is 9.10. The first-order valence-electron chi connectivity index (χ1n) is 5.59. The summed E-state index contributed by atoms with van der Waals surface area (Å²) in [7, 11) is 0. The van der Waals surface area contributed by atoms with Crippen molar-refractivity contribution >= 4 is 56.4 Å². The van der Waals surface area contributed by atoms with Crippen LogP contribution in [0.2, 0.25) is 10.0 Å². The normalized spacial score (nSPS) is 10.2. The Hall–Kier alpha value is -1.63. The molecule has 0 saturated heterocycles. The van der Waals surface area contributed by atoms with E-state index in [1.165, 1.54) is 18.2 Å². The molecule has 0 fully saturated rings. The van der Waals surface area contributed by atoms with E-state index >= 15 is 0 Å². The van der Waals surface area contributed by atoms with Gasteiger partial charge >= 0.3 is 0 Å². The molecule has 0 aliphatic carbocycles. The third kappa shape index (κ3) is 3.53. The summed E-state index contributed by atoms with van der Waals surface area (Å²) in [5, 5.41) is 13.7. The van der Waals surface area contributed by atoms with Gasteiger partial charge in [0, 0.05) is 11.6 Å². The van der Waals surface area contributed by atoms with Gasteiger partial charge in [-0.1, -0.05) is 29.3 Å². The predicted molar refractivity (Wildman–Crippen MR) is 85.2 cm³/mol. The topological polar surface area (TPSA) is 72.2 Å². The second-order valence-electron chi connectivity index (χ2n) is 3.98. The lowest BCUT2D eigenvalue weighted by Crippen LogP contribution is -2.12. The molecule has 0 atom stereocenters. The zero-order chi connectivity index (χ0) is 15.6. The molecule has 2 aromatic carbocycles. The van der Waals surface area contributed by atoms with Gasteiger partial charge in [-0.3, -0.25) is 14.9 Å². The fourth-order valence-corrected chi connectivity index (χ4v) is 2.38. The van der Waals surface area contributed by atoms with Crippen LogP contribution in [0.25, 0.3) is 0 Å². The van der Waals surface area contributed by atoms with Crippen LogP contribution in [0.1, 0.15) is 10.4 Å². The summed E-state index contributed by atoms with van der Waals surface area (Å²) in [6.07, 6.45) is 0. The Kier molecular flexibility index (Phi) is 4.82. The van der Waals surface area contributed by atoms with Crippen LogP contribution >= 0.6 is 39.1 Å². The number of benzene rings is 2. The van der Waals surface area contributed by atoms with E-state index in [1.54, 1.807) is 18.2 Å². The highest BCUT2D eigenvalue weighted by atomic mass is 79.9. The van der Waals surface area contributed by atoms with E-state index < -0.39 is 10.8 Å². The van der Waals surface area contributed by atoms with Crippen LogP contribution in [-0.2, 0) is 0 Å². The lowest BCUT2D eigenvalue weighted by atomic mass is 10.2. The number of rotatable bonds is 3. The van der Waals surface area contributed by atoms with Crippen LogP contribution in [-0.4, -0.2) is 10.8 Å². The minimum Gasteiger partial charge on any atom is -0.321 e. The molecular formula is C13H7BrCl2N2O3. The number of carbonyl (C=O) groups is 1. The van der Waals surface area contributed by atoms with Gasteiger partial charge in [0.05, 0.1) is 20.1 Å². The smallest absolute Gasteiger partial charge is 0.287 e. The van der Waals surface area contributed by atoms with Crippen molar-refractivity contribution in [1.82, 2.24) is 0 Å². The van der Waals surface area contributed by atoms with Crippen molar-refractivity contribution in [3.63, 3.8) is 0 Å². The van der Waals surface area contributed by atoms with Gasteiger partial charge in [0.1, 0.15) is 5.02 Å². The van der Waals surface area contributed by atoms with E-state index in [9.17, 15) is 14.9 Å². The molecule has 2 rings (SSSR count). The van der Waals surface area contributed by atoms with Crippen molar-refractivity contribution in [2.75, 3.05) is 5.32 Å². The first-order valence-corrected chi connectivity index (χ1v) is 7.14. The van der Waals surface area contributed by atoms with E-state index in [0.717, 1.165) is 0 Å². The summed E-state index contributed by atoms with van der Waals surface area (Å²) in [4.78, 5) is 22.2. The molecule has 0 saturated carbocycles. The molecule has 0 radical (unpaired) electrons. The summed E-state index contributed by atoms with van der Waals surface area (Å²) >= 11 is 15.0. The molecular weight excluding hydrogens is 383 g/mol. The summed E-state index contributed by atoms with van der Waals surface area (Å²) < 4.78 is 0.549. The predicted octanol–water partition coefficient (Wildman–Crippen LogP) is 4.92. The van der Waals surface area contributed by atoms with Crippen LogP contribution in [0.3, 0.4) is 0 Å². The fraction of sp³-hybridized carbons (Fsp3) is 0. The minimum absolute atomic E-state index is 0.0993. The zero-order valence-electron chi connectivity index (χ0n) is 10.3. The Morgan fingerprint density at radius 3 is 2.52 bits per heavy atom. The number of hydrogen-bond donors (Lipinski definition) is 1.